The normalized spacial score (nSPS) is 16.9. The van der Waals surface area contributed by atoms with Gasteiger partial charge in [0, 0.05) is 6.42 Å². The van der Waals surface area contributed by atoms with Gasteiger partial charge in [-0.15, -0.1) is 11.3 Å². The van der Waals surface area contributed by atoms with E-state index in [2.05, 4.69) is 16.2 Å². The molecular formula is C14H11N3O2S. The van der Waals surface area contributed by atoms with Crippen molar-refractivity contribution in [2.45, 2.75) is 12.5 Å². The molecule has 5 nitrogen and oxygen atoms in total. The van der Waals surface area contributed by atoms with E-state index in [0.717, 1.165) is 22.0 Å². The summed E-state index contributed by atoms with van der Waals surface area (Å²) in [5, 5.41) is 4.75. The molecule has 0 bridgehead atoms. The molecule has 0 saturated carbocycles. The number of anilines is 1. The summed E-state index contributed by atoms with van der Waals surface area (Å²) in [6.45, 7) is 0. The van der Waals surface area contributed by atoms with Crippen LogP contribution in [0.1, 0.15) is 17.5 Å². The number of aromatic nitrogens is 2. The highest BCUT2D eigenvalue weighted by Gasteiger charge is 2.28. The van der Waals surface area contributed by atoms with E-state index in [0.29, 0.717) is 11.7 Å². The van der Waals surface area contributed by atoms with Gasteiger partial charge in [0.1, 0.15) is 5.75 Å². The summed E-state index contributed by atoms with van der Waals surface area (Å²) in [4.78, 5) is 5.28. The molecule has 1 atom stereocenters. The van der Waals surface area contributed by atoms with Crippen LogP contribution in [0, 0.1) is 0 Å². The summed E-state index contributed by atoms with van der Waals surface area (Å²) in [6, 6.07) is 11.7. The molecule has 0 spiro atoms. The summed E-state index contributed by atoms with van der Waals surface area (Å²) in [7, 11) is 0. The minimum Gasteiger partial charge on any atom is -0.482 e. The number of nitrogens with zero attached hydrogens (tertiary/aromatic N) is 2. The zero-order valence-corrected chi connectivity index (χ0v) is 11.3. The molecule has 3 aromatic rings. The first-order chi connectivity index (χ1) is 9.79. The molecule has 20 heavy (non-hydrogen) atoms. The van der Waals surface area contributed by atoms with Crippen molar-refractivity contribution >= 4 is 16.3 Å². The average molecular weight is 285 g/mol. The van der Waals surface area contributed by atoms with Gasteiger partial charge in [0.2, 0.25) is 5.82 Å². The van der Waals surface area contributed by atoms with Crippen LogP contribution >= 0.6 is 11.3 Å². The molecule has 0 amide bonds. The molecule has 1 aliphatic rings. The molecule has 3 heterocycles. The molecule has 6 heteroatoms. The Hall–Kier alpha value is -2.34. The molecule has 2 N–H and O–H groups in total. The van der Waals surface area contributed by atoms with E-state index in [9.17, 15) is 0 Å². The van der Waals surface area contributed by atoms with E-state index in [4.69, 9.17) is 15.0 Å². The van der Waals surface area contributed by atoms with Gasteiger partial charge < -0.3 is 15.0 Å². The molecular weight excluding hydrogens is 274 g/mol. The molecule has 4 rings (SSSR count). The van der Waals surface area contributed by atoms with Crippen LogP contribution in [0.15, 0.2) is 40.9 Å². The Balaban J connectivity index is 1.61. The topological polar surface area (TPSA) is 74.2 Å². The lowest BCUT2D eigenvalue weighted by atomic mass is 10.1. The molecule has 0 radical (unpaired) electrons. The Kier molecular flexibility index (Phi) is 2.50. The average Bonchev–Trinajstić information content (AvgIpc) is 3.16. The van der Waals surface area contributed by atoms with Gasteiger partial charge in [0.15, 0.2) is 6.10 Å². The molecule has 0 aliphatic carbocycles. The Morgan fingerprint density at radius 1 is 1.20 bits per heavy atom. The Morgan fingerprint density at radius 2 is 2.10 bits per heavy atom. The Bertz CT molecular complexity index is 740. The van der Waals surface area contributed by atoms with Crippen LogP contribution in [0.5, 0.6) is 5.75 Å². The maximum absolute atomic E-state index is 5.84. The SMILES string of the molecule is Nc1ccc(-c2nc(C3Cc4ccccc4O3)no2)s1. The zero-order valence-electron chi connectivity index (χ0n) is 10.4. The van der Waals surface area contributed by atoms with Gasteiger partial charge >= 0.3 is 0 Å². The third kappa shape index (κ3) is 1.85. The largest absolute Gasteiger partial charge is 0.482 e. The minimum atomic E-state index is -0.179. The van der Waals surface area contributed by atoms with Crippen molar-refractivity contribution < 1.29 is 9.26 Å². The predicted octanol–water partition coefficient (Wildman–Crippen LogP) is 3.06. The number of hydrogen-bond acceptors (Lipinski definition) is 6. The van der Waals surface area contributed by atoms with Crippen molar-refractivity contribution in [2.75, 3.05) is 5.73 Å². The van der Waals surface area contributed by atoms with Crippen molar-refractivity contribution in [3.8, 4) is 16.5 Å². The highest BCUT2D eigenvalue weighted by atomic mass is 32.1. The van der Waals surface area contributed by atoms with Crippen LogP contribution in [-0.2, 0) is 6.42 Å². The maximum Gasteiger partial charge on any atom is 0.268 e. The lowest BCUT2D eigenvalue weighted by Crippen LogP contribution is -2.05. The van der Waals surface area contributed by atoms with E-state index in [1.807, 2.05) is 30.3 Å². The van der Waals surface area contributed by atoms with E-state index >= 15 is 0 Å². The first-order valence-electron chi connectivity index (χ1n) is 6.23. The van der Waals surface area contributed by atoms with Crippen LogP contribution < -0.4 is 10.5 Å². The van der Waals surface area contributed by atoms with Gasteiger partial charge in [-0.2, -0.15) is 4.98 Å². The highest BCUT2D eigenvalue weighted by molar-refractivity contribution is 7.19. The first-order valence-corrected chi connectivity index (χ1v) is 7.05. The number of benzene rings is 1. The molecule has 1 unspecified atom stereocenters. The third-order valence-corrected chi connectivity index (χ3v) is 4.12. The number of nitrogens with two attached hydrogens (primary N) is 1. The van der Waals surface area contributed by atoms with E-state index in [1.165, 1.54) is 16.9 Å². The Labute approximate surface area is 119 Å². The number of nitrogen functional groups attached to an aromatic ring is 1. The number of ether oxygens (including phenoxy) is 1. The fourth-order valence-electron chi connectivity index (χ4n) is 2.26. The number of thiophene rings is 1. The molecule has 2 aromatic heterocycles. The van der Waals surface area contributed by atoms with Crippen molar-refractivity contribution in [3.05, 3.63) is 47.8 Å². The third-order valence-electron chi connectivity index (χ3n) is 3.21. The summed E-state index contributed by atoms with van der Waals surface area (Å²) in [6.07, 6.45) is 0.587. The second kappa shape index (κ2) is 4.35. The first kappa shape index (κ1) is 11.5. The summed E-state index contributed by atoms with van der Waals surface area (Å²) in [5.41, 5.74) is 6.88. The van der Waals surface area contributed by atoms with Gasteiger partial charge in [0.05, 0.1) is 9.88 Å². The second-order valence-electron chi connectivity index (χ2n) is 4.58. The van der Waals surface area contributed by atoms with Gasteiger partial charge in [-0.1, -0.05) is 23.4 Å². The van der Waals surface area contributed by atoms with E-state index < -0.39 is 0 Å². The highest BCUT2D eigenvalue weighted by Crippen LogP contribution is 2.36. The quantitative estimate of drug-likeness (QED) is 0.783. The van der Waals surface area contributed by atoms with Crippen LogP contribution in [0.3, 0.4) is 0 Å². The fourth-order valence-corrected chi connectivity index (χ4v) is 2.96. The van der Waals surface area contributed by atoms with Gasteiger partial charge in [-0.05, 0) is 23.8 Å². The second-order valence-corrected chi connectivity index (χ2v) is 5.69. The zero-order chi connectivity index (χ0) is 13.5. The maximum atomic E-state index is 5.84. The smallest absolute Gasteiger partial charge is 0.268 e. The molecule has 0 fully saturated rings. The predicted molar refractivity (Wildman–Crippen MR) is 75.5 cm³/mol. The number of rotatable bonds is 2. The monoisotopic (exact) mass is 285 g/mol. The van der Waals surface area contributed by atoms with Gasteiger partial charge in [-0.3, -0.25) is 0 Å². The molecule has 1 aliphatic heterocycles. The van der Waals surface area contributed by atoms with Crippen molar-refractivity contribution in [2.24, 2.45) is 0 Å². The van der Waals surface area contributed by atoms with Crippen LogP contribution in [0.2, 0.25) is 0 Å². The molecule has 100 valence electrons. The van der Waals surface area contributed by atoms with Crippen LogP contribution in [0.4, 0.5) is 5.00 Å². The lowest BCUT2D eigenvalue weighted by molar-refractivity contribution is 0.221. The number of fused-ring (bicyclic) bond motifs is 1. The summed E-state index contributed by atoms with van der Waals surface area (Å²) < 4.78 is 11.1. The van der Waals surface area contributed by atoms with Crippen molar-refractivity contribution in [1.82, 2.24) is 10.1 Å². The van der Waals surface area contributed by atoms with Crippen molar-refractivity contribution in [3.63, 3.8) is 0 Å². The van der Waals surface area contributed by atoms with Gasteiger partial charge in [-0.25, -0.2) is 0 Å². The minimum absolute atomic E-state index is 0.179. The number of para-hydroxylation sites is 1. The van der Waals surface area contributed by atoms with Gasteiger partial charge in [0.25, 0.3) is 5.89 Å². The number of hydrogen-bond donors (Lipinski definition) is 1. The molecule has 0 saturated heterocycles. The summed E-state index contributed by atoms with van der Waals surface area (Å²) in [5.74, 6) is 1.95. The standard InChI is InChI=1S/C14H11N3O2S/c15-12-6-5-11(20-12)14-16-13(17-19-14)10-7-8-3-1-2-4-9(8)18-10/h1-6,10H,7,15H2. The van der Waals surface area contributed by atoms with E-state index in [-0.39, 0.29) is 6.10 Å². The summed E-state index contributed by atoms with van der Waals surface area (Å²) >= 11 is 1.42. The van der Waals surface area contributed by atoms with E-state index in [1.54, 1.807) is 0 Å². The van der Waals surface area contributed by atoms with Crippen LogP contribution in [0.25, 0.3) is 10.8 Å². The fraction of sp³-hybridized carbons (Fsp3) is 0.143. The molecule has 1 aromatic carbocycles. The van der Waals surface area contributed by atoms with Crippen LogP contribution in [-0.4, -0.2) is 10.1 Å². The van der Waals surface area contributed by atoms with Crippen molar-refractivity contribution in [1.29, 1.82) is 0 Å². The lowest BCUT2D eigenvalue weighted by Gasteiger charge is -2.04. The Morgan fingerprint density at radius 3 is 2.90 bits per heavy atom.